The third-order valence-electron chi connectivity index (χ3n) is 4.42. The summed E-state index contributed by atoms with van der Waals surface area (Å²) in [5.74, 6) is -2.85. The number of ketones is 1. The van der Waals surface area contributed by atoms with E-state index in [4.69, 9.17) is 18.9 Å². The molecule has 1 aromatic carbocycles. The number of rotatable bonds is 2. The Morgan fingerprint density at radius 1 is 1.17 bits per heavy atom. The first-order chi connectivity index (χ1) is 11.4. The van der Waals surface area contributed by atoms with E-state index < -0.39 is 35.7 Å². The SMILES string of the molecule is CC1(C)O[C@@H]2CO[C@]3(CN(Cc4ccccc4)C(=O)O3)C(=O)[C@@H]2O1. The summed E-state index contributed by atoms with van der Waals surface area (Å²) in [6, 6.07) is 9.51. The van der Waals surface area contributed by atoms with Crippen molar-refractivity contribution in [3.05, 3.63) is 35.9 Å². The molecule has 1 aromatic rings. The monoisotopic (exact) mass is 333 g/mol. The summed E-state index contributed by atoms with van der Waals surface area (Å²) in [7, 11) is 0. The summed E-state index contributed by atoms with van der Waals surface area (Å²) in [6.07, 6.45) is -1.82. The average molecular weight is 333 g/mol. The minimum Gasteiger partial charge on any atom is -0.407 e. The molecule has 1 spiro atoms. The first-order valence-corrected chi connectivity index (χ1v) is 7.94. The normalized spacial score (nSPS) is 34.5. The number of Topliss-reactive ketones (excluding diaryl/α,β-unsaturated/α-hetero) is 1. The molecule has 1 amide bonds. The third-order valence-corrected chi connectivity index (χ3v) is 4.42. The molecule has 3 atom stereocenters. The van der Waals surface area contributed by atoms with Crippen LogP contribution in [0.25, 0.3) is 0 Å². The Kier molecular flexibility index (Phi) is 3.42. The molecule has 3 fully saturated rings. The Bertz CT molecular complexity index is 675. The van der Waals surface area contributed by atoms with Crippen LogP contribution in [0.4, 0.5) is 4.79 Å². The summed E-state index contributed by atoms with van der Waals surface area (Å²) in [4.78, 5) is 26.5. The fraction of sp³-hybridized carbons (Fsp3) is 0.529. The third kappa shape index (κ3) is 2.49. The van der Waals surface area contributed by atoms with E-state index in [0.717, 1.165) is 5.56 Å². The van der Waals surface area contributed by atoms with E-state index >= 15 is 0 Å². The number of amides is 1. The van der Waals surface area contributed by atoms with E-state index in [1.165, 1.54) is 4.90 Å². The molecular formula is C17H19NO6. The van der Waals surface area contributed by atoms with Gasteiger partial charge in [0.05, 0.1) is 13.2 Å². The topological polar surface area (TPSA) is 74.3 Å². The molecule has 4 rings (SSSR count). The number of carbonyl (C=O) groups excluding carboxylic acids is 2. The Balaban J connectivity index is 1.52. The van der Waals surface area contributed by atoms with Crippen LogP contribution in [-0.2, 0) is 30.3 Å². The number of ether oxygens (including phenoxy) is 4. The van der Waals surface area contributed by atoms with Gasteiger partial charge in [-0.15, -0.1) is 0 Å². The molecule has 0 radical (unpaired) electrons. The lowest BCUT2D eigenvalue weighted by Crippen LogP contribution is -2.59. The maximum atomic E-state index is 12.8. The van der Waals surface area contributed by atoms with Gasteiger partial charge in [-0.3, -0.25) is 9.69 Å². The van der Waals surface area contributed by atoms with Crippen molar-refractivity contribution >= 4 is 11.9 Å². The van der Waals surface area contributed by atoms with Gasteiger partial charge in [-0.05, 0) is 19.4 Å². The largest absolute Gasteiger partial charge is 0.413 e. The average Bonchev–Trinajstić information content (AvgIpc) is 3.02. The first-order valence-electron chi connectivity index (χ1n) is 7.94. The zero-order valence-corrected chi connectivity index (χ0v) is 13.6. The van der Waals surface area contributed by atoms with Crippen molar-refractivity contribution in [3.63, 3.8) is 0 Å². The van der Waals surface area contributed by atoms with Gasteiger partial charge in [0.2, 0.25) is 5.78 Å². The van der Waals surface area contributed by atoms with Crippen LogP contribution >= 0.6 is 0 Å². The van der Waals surface area contributed by atoms with Crippen molar-refractivity contribution in [3.8, 4) is 0 Å². The zero-order valence-electron chi connectivity index (χ0n) is 13.6. The molecule has 0 aromatic heterocycles. The molecular weight excluding hydrogens is 314 g/mol. The summed E-state index contributed by atoms with van der Waals surface area (Å²) < 4.78 is 22.3. The Morgan fingerprint density at radius 3 is 2.67 bits per heavy atom. The molecule has 3 heterocycles. The van der Waals surface area contributed by atoms with Gasteiger partial charge >= 0.3 is 6.09 Å². The highest BCUT2D eigenvalue weighted by atomic mass is 16.8. The van der Waals surface area contributed by atoms with Gasteiger partial charge in [0.1, 0.15) is 6.10 Å². The van der Waals surface area contributed by atoms with Crippen molar-refractivity contribution in [1.82, 2.24) is 4.90 Å². The second-order valence-electron chi connectivity index (χ2n) is 6.73. The van der Waals surface area contributed by atoms with Crippen molar-refractivity contribution in [2.24, 2.45) is 0 Å². The maximum Gasteiger partial charge on any atom is 0.413 e. The zero-order chi connectivity index (χ0) is 16.9. The maximum absolute atomic E-state index is 12.8. The number of benzene rings is 1. The van der Waals surface area contributed by atoms with Crippen LogP contribution in [0.5, 0.6) is 0 Å². The fourth-order valence-electron chi connectivity index (χ4n) is 3.37. The lowest BCUT2D eigenvalue weighted by atomic mass is 9.99. The Labute approximate surface area is 139 Å². The first kappa shape index (κ1) is 15.6. The van der Waals surface area contributed by atoms with Gasteiger partial charge in [0.25, 0.3) is 5.79 Å². The number of nitrogens with zero attached hydrogens (tertiary/aromatic N) is 1. The molecule has 24 heavy (non-hydrogen) atoms. The molecule has 0 saturated carbocycles. The van der Waals surface area contributed by atoms with Crippen LogP contribution in [0.3, 0.4) is 0 Å². The van der Waals surface area contributed by atoms with Gasteiger partial charge < -0.3 is 18.9 Å². The van der Waals surface area contributed by atoms with E-state index in [1.807, 2.05) is 30.3 Å². The number of carbonyl (C=O) groups is 2. The smallest absolute Gasteiger partial charge is 0.407 e. The highest BCUT2D eigenvalue weighted by Crippen LogP contribution is 2.39. The minimum atomic E-state index is -1.60. The number of hydrogen-bond acceptors (Lipinski definition) is 6. The number of hydrogen-bond donors (Lipinski definition) is 0. The molecule has 7 heteroatoms. The minimum absolute atomic E-state index is 0.0482. The molecule has 0 aliphatic carbocycles. The van der Waals surface area contributed by atoms with Crippen molar-refractivity contribution < 1.29 is 28.5 Å². The van der Waals surface area contributed by atoms with E-state index in [-0.39, 0.29) is 13.2 Å². The standard InChI is InChI=1S/C17H19NO6/c1-16(2)22-12-9-21-17(14(19)13(12)23-16)10-18(15(20)24-17)8-11-6-4-3-5-7-11/h3-7,12-13H,8-10H2,1-2H3/t12-,13-,17+/m1/s1. The molecule has 3 aliphatic rings. The quantitative estimate of drug-likeness (QED) is 0.816. The van der Waals surface area contributed by atoms with Crippen molar-refractivity contribution in [1.29, 1.82) is 0 Å². The van der Waals surface area contributed by atoms with Crippen LogP contribution in [0.15, 0.2) is 30.3 Å². The second kappa shape index (κ2) is 5.27. The van der Waals surface area contributed by atoms with E-state index in [2.05, 4.69) is 0 Å². The van der Waals surface area contributed by atoms with Crippen LogP contribution in [0, 0.1) is 0 Å². The summed E-state index contributed by atoms with van der Waals surface area (Å²) in [6.45, 7) is 4.04. The summed E-state index contributed by atoms with van der Waals surface area (Å²) in [5.41, 5.74) is 0.953. The van der Waals surface area contributed by atoms with Crippen LogP contribution in [0.2, 0.25) is 0 Å². The lowest BCUT2D eigenvalue weighted by Gasteiger charge is -2.34. The van der Waals surface area contributed by atoms with E-state index in [0.29, 0.717) is 6.54 Å². The van der Waals surface area contributed by atoms with Crippen LogP contribution in [-0.4, -0.2) is 53.7 Å². The van der Waals surface area contributed by atoms with Crippen molar-refractivity contribution in [2.45, 2.75) is 44.2 Å². The molecule has 7 nitrogen and oxygen atoms in total. The molecule has 0 N–H and O–H groups in total. The summed E-state index contributed by atoms with van der Waals surface area (Å²) in [5, 5.41) is 0. The van der Waals surface area contributed by atoms with Gasteiger partial charge in [-0.25, -0.2) is 4.79 Å². The Morgan fingerprint density at radius 2 is 1.92 bits per heavy atom. The highest BCUT2D eigenvalue weighted by molar-refractivity contribution is 5.95. The lowest BCUT2D eigenvalue weighted by molar-refractivity contribution is -0.219. The van der Waals surface area contributed by atoms with Gasteiger partial charge in [0, 0.05) is 6.54 Å². The predicted octanol–water partition coefficient (Wildman–Crippen LogP) is 1.45. The fourth-order valence-corrected chi connectivity index (χ4v) is 3.37. The number of fused-ring (bicyclic) bond motifs is 1. The van der Waals surface area contributed by atoms with E-state index in [1.54, 1.807) is 13.8 Å². The molecule has 0 unspecified atom stereocenters. The van der Waals surface area contributed by atoms with Crippen molar-refractivity contribution in [2.75, 3.05) is 13.2 Å². The predicted molar refractivity (Wildman–Crippen MR) is 80.8 cm³/mol. The van der Waals surface area contributed by atoms with Gasteiger partial charge in [-0.2, -0.15) is 0 Å². The summed E-state index contributed by atoms with van der Waals surface area (Å²) >= 11 is 0. The second-order valence-corrected chi connectivity index (χ2v) is 6.73. The molecule has 3 aliphatic heterocycles. The van der Waals surface area contributed by atoms with Crippen LogP contribution in [0.1, 0.15) is 19.4 Å². The van der Waals surface area contributed by atoms with Crippen LogP contribution < -0.4 is 0 Å². The molecule has 128 valence electrons. The van der Waals surface area contributed by atoms with Gasteiger partial charge in [-0.1, -0.05) is 30.3 Å². The molecule has 0 bridgehead atoms. The molecule has 3 saturated heterocycles. The Hall–Kier alpha value is -1.96. The van der Waals surface area contributed by atoms with Gasteiger partial charge in [0.15, 0.2) is 11.9 Å². The highest BCUT2D eigenvalue weighted by Gasteiger charge is 2.62. The van der Waals surface area contributed by atoms with E-state index in [9.17, 15) is 9.59 Å².